The number of hydrogen-bond donors (Lipinski definition) is 4. The summed E-state index contributed by atoms with van der Waals surface area (Å²) in [5, 5.41) is 22.6. The molecule has 0 aromatic heterocycles. The van der Waals surface area contributed by atoms with Gasteiger partial charge in [-0.3, -0.25) is 0 Å². The second kappa shape index (κ2) is 7.38. The van der Waals surface area contributed by atoms with E-state index < -0.39 is 41.5 Å². The van der Waals surface area contributed by atoms with Crippen LogP contribution in [0.5, 0.6) is 0 Å². The van der Waals surface area contributed by atoms with Crippen molar-refractivity contribution in [3.05, 3.63) is 28.0 Å². The van der Waals surface area contributed by atoms with Crippen LogP contribution in [0.25, 0.3) is 0 Å². The number of carbonyl (C=O) groups excluding carboxylic acids is 2. The third-order valence-corrected chi connectivity index (χ3v) is 3.32. The van der Waals surface area contributed by atoms with Crippen LogP contribution >= 0.6 is 15.9 Å². The number of benzene rings is 1. The molecule has 0 bridgehead atoms. The Hall–Kier alpha value is -2.20. The van der Waals surface area contributed by atoms with Crippen LogP contribution in [-0.4, -0.2) is 47.4 Å². The maximum absolute atomic E-state index is 13.8. The summed E-state index contributed by atoms with van der Waals surface area (Å²) in [6.45, 7) is 0.458. The number of rotatable bonds is 5. The number of anilines is 1. The smallest absolute Gasteiger partial charge is 0.340 e. The molecule has 0 aliphatic heterocycles. The summed E-state index contributed by atoms with van der Waals surface area (Å²) in [5.74, 6) is -3.28. The summed E-state index contributed by atoms with van der Waals surface area (Å²) in [4.78, 5) is 33.8. The Morgan fingerprint density at radius 3 is 2.52 bits per heavy atom. The summed E-state index contributed by atoms with van der Waals surface area (Å²) < 4.78 is 18.1. The lowest BCUT2D eigenvalue weighted by Crippen LogP contribution is -2.47. The zero-order valence-corrected chi connectivity index (χ0v) is 13.7. The molecule has 2 amide bonds. The van der Waals surface area contributed by atoms with Crippen molar-refractivity contribution in [3.8, 4) is 0 Å². The average molecular weight is 393 g/mol. The number of esters is 1. The molecule has 0 aliphatic rings. The second-order valence-corrected chi connectivity index (χ2v) is 5.55. The van der Waals surface area contributed by atoms with Crippen molar-refractivity contribution in [2.24, 2.45) is 0 Å². The number of aliphatic hydroxyl groups is 1. The Morgan fingerprint density at radius 2 is 2.00 bits per heavy atom. The molecule has 1 rings (SSSR count). The highest BCUT2D eigenvalue weighted by Crippen LogP contribution is 2.25. The van der Waals surface area contributed by atoms with Crippen molar-refractivity contribution < 1.29 is 33.7 Å². The highest BCUT2D eigenvalue weighted by Gasteiger charge is 2.30. The Morgan fingerprint density at radius 1 is 1.39 bits per heavy atom. The summed E-state index contributed by atoms with van der Waals surface area (Å²) in [6, 6.07) is 1.42. The molecule has 23 heavy (non-hydrogen) atoms. The standard InChI is InChI=1S/C13H14BrFN2O6/c1-13(22,11(19)20)5-16-12(21)17-6-3-7(10(18)23-2)9(15)8(14)4-6/h3-4,22H,5H2,1-2H3,(H,19,20)(H2,16,17,21). The van der Waals surface area contributed by atoms with Gasteiger partial charge in [0.2, 0.25) is 0 Å². The van der Waals surface area contributed by atoms with Crippen LogP contribution < -0.4 is 10.6 Å². The van der Waals surface area contributed by atoms with Crippen LogP contribution in [0.2, 0.25) is 0 Å². The molecule has 0 saturated heterocycles. The highest BCUT2D eigenvalue weighted by atomic mass is 79.9. The van der Waals surface area contributed by atoms with Crippen LogP contribution in [0.15, 0.2) is 16.6 Å². The number of halogens is 2. The van der Waals surface area contributed by atoms with Gasteiger partial charge in [-0.15, -0.1) is 0 Å². The van der Waals surface area contributed by atoms with E-state index in [9.17, 15) is 23.9 Å². The molecule has 4 N–H and O–H groups in total. The lowest BCUT2D eigenvalue weighted by atomic mass is 10.1. The van der Waals surface area contributed by atoms with Crippen molar-refractivity contribution >= 4 is 39.6 Å². The average Bonchev–Trinajstić information content (AvgIpc) is 2.47. The van der Waals surface area contributed by atoms with Crippen molar-refractivity contribution in [3.63, 3.8) is 0 Å². The number of carboxylic acid groups (broad SMARTS) is 1. The number of aliphatic carboxylic acids is 1. The van der Waals surface area contributed by atoms with Gasteiger partial charge in [0.15, 0.2) is 11.4 Å². The van der Waals surface area contributed by atoms with E-state index in [1.54, 1.807) is 0 Å². The van der Waals surface area contributed by atoms with Crippen molar-refractivity contribution in [1.82, 2.24) is 5.32 Å². The molecule has 10 heteroatoms. The first-order chi connectivity index (χ1) is 10.6. The number of hydrogen-bond acceptors (Lipinski definition) is 5. The quantitative estimate of drug-likeness (QED) is 0.560. The van der Waals surface area contributed by atoms with Gasteiger partial charge < -0.3 is 25.6 Å². The Bertz CT molecular complexity index is 650. The van der Waals surface area contributed by atoms with Crippen LogP contribution in [0.4, 0.5) is 14.9 Å². The van der Waals surface area contributed by atoms with Gasteiger partial charge in [-0.25, -0.2) is 18.8 Å². The topological polar surface area (TPSA) is 125 Å². The van der Waals surface area contributed by atoms with E-state index in [0.717, 1.165) is 20.1 Å². The van der Waals surface area contributed by atoms with E-state index in [4.69, 9.17) is 5.11 Å². The molecule has 1 atom stereocenters. The Kier molecular flexibility index (Phi) is 6.05. The molecule has 1 aromatic carbocycles. The molecule has 126 valence electrons. The molecular formula is C13H14BrFN2O6. The van der Waals surface area contributed by atoms with E-state index >= 15 is 0 Å². The number of urea groups is 1. The van der Waals surface area contributed by atoms with Gasteiger partial charge in [-0.05, 0) is 35.0 Å². The molecular weight excluding hydrogens is 379 g/mol. The van der Waals surface area contributed by atoms with Crippen molar-refractivity contribution in [2.45, 2.75) is 12.5 Å². The largest absolute Gasteiger partial charge is 0.479 e. The lowest BCUT2D eigenvalue weighted by Gasteiger charge is -2.18. The van der Waals surface area contributed by atoms with Crippen LogP contribution in [0, 0.1) is 5.82 Å². The summed E-state index contributed by atoms with van der Waals surface area (Å²) in [5.41, 5.74) is -2.47. The first-order valence-corrected chi connectivity index (χ1v) is 6.95. The zero-order chi connectivity index (χ0) is 17.8. The first-order valence-electron chi connectivity index (χ1n) is 6.16. The SMILES string of the molecule is COC(=O)c1cc(NC(=O)NCC(C)(O)C(=O)O)cc(Br)c1F. The van der Waals surface area contributed by atoms with Crippen molar-refractivity contribution in [2.75, 3.05) is 19.0 Å². The van der Waals surface area contributed by atoms with Crippen LogP contribution in [0.1, 0.15) is 17.3 Å². The molecule has 1 unspecified atom stereocenters. The number of carbonyl (C=O) groups is 3. The second-order valence-electron chi connectivity index (χ2n) is 4.70. The number of amides is 2. The van der Waals surface area contributed by atoms with Crippen LogP contribution in [-0.2, 0) is 9.53 Å². The van der Waals surface area contributed by atoms with Gasteiger partial charge in [0.05, 0.1) is 23.7 Å². The predicted octanol–water partition coefficient (Wildman–Crippen LogP) is 1.33. The Labute approximate surface area is 138 Å². The molecule has 0 saturated carbocycles. The molecule has 0 heterocycles. The predicted molar refractivity (Wildman–Crippen MR) is 80.7 cm³/mol. The highest BCUT2D eigenvalue weighted by molar-refractivity contribution is 9.10. The minimum Gasteiger partial charge on any atom is -0.479 e. The molecule has 0 radical (unpaired) electrons. The summed E-state index contributed by atoms with van der Waals surface area (Å²) in [7, 11) is 1.08. The minimum absolute atomic E-state index is 0.0612. The van der Waals surface area contributed by atoms with Gasteiger partial charge in [0.25, 0.3) is 0 Å². The minimum atomic E-state index is -2.14. The number of nitrogens with one attached hydrogen (secondary N) is 2. The fourth-order valence-corrected chi connectivity index (χ4v) is 1.88. The van der Waals surface area contributed by atoms with E-state index in [0.29, 0.717) is 0 Å². The van der Waals surface area contributed by atoms with Gasteiger partial charge in [0, 0.05) is 5.69 Å². The fraction of sp³-hybridized carbons (Fsp3) is 0.308. The van der Waals surface area contributed by atoms with E-state index in [1.165, 1.54) is 6.07 Å². The molecule has 8 nitrogen and oxygen atoms in total. The van der Waals surface area contributed by atoms with Gasteiger partial charge >= 0.3 is 18.0 Å². The normalized spacial score (nSPS) is 12.9. The van der Waals surface area contributed by atoms with Gasteiger partial charge in [-0.1, -0.05) is 0 Å². The van der Waals surface area contributed by atoms with E-state index in [2.05, 4.69) is 31.3 Å². The number of ether oxygens (including phenoxy) is 1. The molecule has 0 spiro atoms. The molecule has 0 fully saturated rings. The summed E-state index contributed by atoms with van der Waals surface area (Å²) in [6.07, 6.45) is 0. The van der Waals surface area contributed by atoms with E-state index in [1.807, 2.05) is 0 Å². The van der Waals surface area contributed by atoms with Gasteiger partial charge in [0.1, 0.15) is 0 Å². The maximum atomic E-state index is 13.8. The van der Waals surface area contributed by atoms with Crippen molar-refractivity contribution in [1.29, 1.82) is 0 Å². The first kappa shape index (κ1) is 18.8. The Balaban J connectivity index is 2.85. The summed E-state index contributed by atoms with van der Waals surface area (Å²) >= 11 is 2.90. The van der Waals surface area contributed by atoms with E-state index in [-0.39, 0.29) is 10.2 Å². The lowest BCUT2D eigenvalue weighted by molar-refractivity contribution is -0.155. The van der Waals surface area contributed by atoms with Crippen LogP contribution in [0.3, 0.4) is 0 Å². The monoisotopic (exact) mass is 392 g/mol. The maximum Gasteiger partial charge on any atom is 0.340 e. The molecule has 1 aromatic rings. The fourth-order valence-electron chi connectivity index (χ4n) is 1.42. The van der Waals surface area contributed by atoms with Gasteiger partial charge in [-0.2, -0.15) is 0 Å². The third-order valence-electron chi connectivity index (χ3n) is 2.75. The number of carboxylic acids is 1. The molecule has 0 aliphatic carbocycles. The third kappa shape index (κ3) is 4.89. The zero-order valence-electron chi connectivity index (χ0n) is 12.1. The number of methoxy groups -OCH3 is 1.